The van der Waals surface area contributed by atoms with Gasteiger partial charge in [0.05, 0.1) is 46.1 Å². The van der Waals surface area contributed by atoms with Crippen LogP contribution >= 0.6 is 22.7 Å². The number of esters is 1. The van der Waals surface area contributed by atoms with E-state index in [1.165, 1.54) is 29.1 Å². The summed E-state index contributed by atoms with van der Waals surface area (Å²) in [5.41, 5.74) is 1.19. The number of benzene rings is 2. The average Bonchev–Trinajstić information content (AvgIpc) is 3.78. The molecule has 4 heterocycles. The first kappa shape index (κ1) is 28.1. The zero-order valence-corrected chi connectivity index (χ0v) is 24.5. The monoisotopic (exact) mass is 613 g/mol. The molecular weight excluding hydrogens is 590 g/mol. The van der Waals surface area contributed by atoms with Gasteiger partial charge in [-0.05, 0) is 42.6 Å². The third-order valence-electron chi connectivity index (χ3n) is 6.75. The van der Waals surface area contributed by atoms with Crippen molar-refractivity contribution >= 4 is 46.1 Å². The Morgan fingerprint density at radius 3 is 2.65 bits per heavy atom. The van der Waals surface area contributed by atoms with Gasteiger partial charge in [-0.1, -0.05) is 47.7 Å². The number of thiazole rings is 1. The van der Waals surface area contributed by atoms with E-state index in [0.29, 0.717) is 26.5 Å². The number of nitrogens with zero attached hydrogens (tertiary/aromatic N) is 3. The number of thiophene rings is 1. The largest absolute Gasteiger partial charge is 0.497 e. The second-order valence-electron chi connectivity index (χ2n) is 9.29. The molecule has 0 saturated heterocycles. The molecule has 1 aliphatic heterocycles. The molecule has 0 amide bonds. The van der Waals surface area contributed by atoms with Crippen molar-refractivity contribution in [1.82, 2.24) is 4.57 Å². The zero-order chi connectivity index (χ0) is 30.1. The van der Waals surface area contributed by atoms with E-state index in [1.54, 1.807) is 37.3 Å². The molecule has 2 aromatic carbocycles. The van der Waals surface area contributed by atoms with E-state index >= 15 is 0 Å². The number of methoxy groups -OCH3 is 1. The van der Waals surface area contributed by atoms with Crippen LogP contribution in [0.2, 0.25) is 0 Å². The van der Waals surface area contributed by atoms with Gasteiger partial charge in [0.15, 0.2) is 4.80 Å². The van der Waals surface area contributed by atoms with Gasteiger partial charge >= 0.3 is 5.97 Å². The third-order valence-corrected chi connectivity index (χ3v) is 8.66. The summed E-state index contributed by atoms with van der Waals surface area (Å²) in [7, 11) is 1.43. The van der Waals surface area contributed by atoms with Gasteiger partial charge in [0, 0.05) is 16.5 Å². The molecule has 3 aromatic heterocycles. The number of rotatable bonds is 8. The van der Waals surface area contributed by atoms with Gasteiger partial charge in [-0.15, -0.1) is 11.3 Å². The first-order valence-electron chi connectivity index (χ1n) is 13.1. The normalized spacial score (nSPS) is 14.7. The summed E-state index contributed by atoms with van der Waals surface area (Å²) in [6.07, 6.45) is 1.57. The van der Waals surface area contributed by atoms with E-state index in [0.717, 1.165) is 21.8 Å². The molecule has 1 atom stereocenters. The van der Waals surface area contributed by atoms with Gasteiger partial charge in [-0.3, -0.25) is 19.5 Å². The minimum Gasteiger partial charge on any atom is -0.497 e. The lowest BCUT2D eigenvalue weighted by molar-refractivity contribution is -0.384. The van der Waals surface area contributed by atoms with Gasteiger partial charge in [0.2, 0.25) is 0 Å². The smallest absolute Gasteiger partial charge is 0.338 e. The Balaban J connectivity index is 1.51. The van der Waals surface area contributed by atoms with Crippen LogP contribution in [-0.4, -0.2) is 29.2 Å². The van der Waals surface area contributed by atoms with Crippen LogP contribution in [0.25, 0.3) is 23.1 Å². The number of carbonyl (C=O) groups excluding carboxylic acids is 1. The number of furan rings is 1. The molecule has 0 N–H and O–H groups in total. The summed E-state index contributed by atoms with van der Waals surface area (Å²) in [4.78, 5) is 44.6. The Hall–Kier alpha value is -5.07. The molecule has 0 unspecified atom stereocenters. The number of nitro benzene ring substituents is 1. The summed E-state index contributed by atoms with van der Waals surface area (Å²) in [6, 6.07) is 20.0. The first-order chi connectivity index (χ1) is 20.9. The van der Waals surface area contributed by atoms with Crippen LogP contribution in [0.4, 0.5) is 5.69 Å². The minimum absolute atomic E-state index is 0.166. The first-order valence-corrected chi connectivity index (χ1v) is 14.8. The van der Waals surface area contributed by atoms with Crippen molar-refractivity contribution < 1.29 is 23.6 Å². The lowest BCUT2D eigenvalue weighted by Gasteiger charge is -2.24. The average molecular weight is 614 g/mol. The molecule has 0 spiro atoms. The maximum absolute atomic E-state index is 14.0. The maximum Gasteiger partial charge on any atom is 0.338 e. The van der Waals surface area contributed by atoms with Crippen molar-refractivity contribution in [1.29, 1.82) is 0 Å². The summed E-state index contributed by atoms with van der Waals surface area (Å²) in [5, 5.41) is 13.6. The number of aromatic nitrogens is 1. The molecule has 5 aromatic rings. The lowest BCUT2D eigenvalue weighted by Crippen LogP contribution is -2.39. The van der Waals surface area contributed by atoms with E-state index in [9.17, 15) is 19.7 Å². The molecule has 0 aliphatic carbocycles. The Morgan fingerprint density at radius 1 is 1.14 bits per heavy atom. The molecule has 10 nitrogen and oxygen atoms in total. The second kappa shape index (κ2) is 11.7. The van der Waals surface area contributed by atoms with E-state index in [-0.39, 0.29) is 34.8 Å². The Morgan fingerprint density at radius 2 is 1.95 bits per heavy atom. The predicted octanol–water partition coefficient (Wildman–Crippen LogP) is 5.17. The maximum atomic E-state index is 14.0. The molecule has 6 rings (SSSR count). The van der Waals surface area contributed by atoms with E-state index in [4.69, 9.17) is 18.9 Å². The predicted molar refractivity (Wildman–Crippen MR) is 163 cm³/mol. The van der Waals surface area contributed by atoms with Gasteiger partial charge in [-0.25, -0.2) is 9.79 Å². The van der Waals surface area contributed by atoms with Crippen LogP contribution in [0.1, 0.15) is 29.2 Å². The van der Waals surface area contributed by atoms with Crippen molar-refractivity contribution in [3.8, 4) is 17.1 Å². The fourth-order valence-electron chi connectivity index (χ4n) is 4.86. The Labute approximate surface area is 252 Å². The highest BCUT2D eigenvalue weighted by molar-refractivity contribution is 7.10. The van der Waals surface area contributed by atoms with Gasteiger partial charge in [0.1, 0.15) is 23.3 Å². The fourth-order valence-corrected chi connectivity index (χ4v) is 6.66. The van der Waals surface area contributed by atoms with Crippen molar-refractivity contribution in [2.24, 2.45) is 4.99 Å². The molecular formula is C31H23N3O7S2. The highest BCUT2D eigenvalue weighted by atomic mass is 32.1. The molecule has 0 fully saturated rings. The number of hydrogen-bond acceptors (Lipinski definition) is 10. The zero-order valence-electron chi connectivity index (χ0n) is 22.9. The Kier molecular flexibility index (Phi) is 7.61. The van der Waals surface area contributed by atoms with Crippen LogP contribution in [0.5, 0.6) is 5.75 Å². The van der Waals surface area contributed by atoms with Gasteiger partial charge in [0.25, 0.3) is 11.2 Å². The number of carbonyl (C=O) groups is 1. The molecule has 216 valence electrons. The van der Waals surface area contributed by atoms with Crippen molar-refractivity contribution in [3.63, 3.8) is 0 Å². The fraction of sp³-hybridized carbons (Fsp3) is 0.129. The van der Waals surface area contributed by atoms with Crippen LogP contribution in [0.3, 0.4) is 0 Å². The van der Waals surface area contributed by atoms with Crippen LogP contribution in [0, 0.1) is 10.1 Å². The van der Waals surface area contributed by atoms with Crippen LogP contribution in [0.15, 0.2) is 98.0 Å². The molecule has 1 aliphatic rings. The second-order valence-corrected chi connectivity index (χ2v) is 11.3. The SMILES string of the molecule is CCOC(=O)C1=C(c2ccccc2)N=c2s/c(=C\c3ccc(-c4ccc(OC)cc4[N+](=O)[O-])o3)c(=O)n2[C@@H]1c1cccs1. The van der Waals surface area contributed by atoms with Crippen LogP contribution < -0.4 is 19.6 Å². The number of hydrogen-bond donors (Lipinski definition) is 0. The van der Waals surface area contributed by atoms with Crippen molar-refractivity contribution in [3.05, 3.63) is 130 Å². The topological polar surface area (TPSA) is 126 Å². The standard InChI is InChI=1S/C31H23N3O7S2/c1-3-40-30(36)26-27(18-8-5-4-6-9-18)32-31-33(28(26)24-10-7-15-42-24)29(35)25(43-31)17-20-12-14-23(41-20)21-13-11-19(39-2)16-22(21)34(37)38/h4-17,28H,3H2,1-2H3/b25-17-/t28-/m1/s1. The minimum atomic E-state index is -0.748. The highest BCUT2D eigenvalue weighted by Gasteiger charge is 2.35. The Bertz CT molecular complexity index is 2060. The van der Waals surface area contributed by atoms with Gasteiger partial charge in [-0.2, -0.15) is 0 Å². The number of fused-ring (bicyclic) bond motifs is 1. The lowest BCUT2D eigenvalue weighted by atomic mass is 9.97. The summed E-state index contributed by atoms with van der Waals surface area (Å²) in [6.45, 7) is 1.90. The quantitative estimate of drug-likeness (QED) is 0.134. The summed E-state index contributed by atoms with van der Waals surface area (Å²) in [5.74, 6) is 0.391. The summed E-state index contributed by atoms with van der Waals surface area (Å²) >= 11 is 2.59. The molecule has 0 radical (unpaired) electrons. The molecule has 0 bridgehead atoms. The molecule has 12 heteroatoms. The van der Waals surface area contributed by atoms with Crippen molar-refractivity contribution in [2.45, 2.75) is 13.0 Å². The van der Waals surface area contributed by atoms with Crippen LogP contribution in [-0.2, 0) is 9.53 Å². The van der Waals surface area contributed by atoms with Gasteiger partial charge < -0.3 is 13.9 Å². The third kappa shape index (κ3) is 5.22. The van der Waals surface area contributed by atoms with E-state index < -0.39 is 16.9 Å². The summed E-state index contributed by atoms with van der Waals surface area (Å²) < 4.78 is 18.4. The number of ether oxygens (including phenoxy) is 2. The van der Waals surface area contributed by atoms with E-state index in [2.05, 4.69) is 0 Å². The molecule has 0 saturated carbocycles. The molecule has 43 heavy (non-hydrogen) atoms. The van der Waals surface area contributed by atoms with E-state index in [1.807, 2.05) is 47.8 Å². The highest BCUT2D eigenvalue weighted by Crippen LogP contribution is 2.37. The van der Waals surface area contributed by atoms with Crippen molar-refractivity contribution in [2.75, 3.05) is 13.7 Å². The number of nitro groups is 1.